The maximum Gasteiger partial charge on any atom is 0.401 e. The van der Waals surface area contributed by atoms with Crippen LogP contribution in [0.15, 0.2) is 0 Å². The molecule has 0 amide bonds. The quantitative estimate of drug-likeness (QED) is 0.656. The van der Waals surface area contributed by atoms with Crippen molar-refractivity contribution in [2.24, 2.45) is 0 Å². The van der Waals surface area contributed by atoms with E-state index in [0.717, 1.165) is 11.3 Å². The molecule has 0 bridgehead atoms. The summed E-state index contributed by atoms with van der Waals surface area (Å²) in [5.41, 5.74) is 0. The molecule has 1 atom stereocenters. The molecule has 0 aromatic heterocycles. The van der Waals surface area contributed by atoms with E-state index < -0.39 is 24.7 Å². The van der Waals surface area contributed by atoms with Crippen LogP contribution in [0.4, 0.5) is 13.2 Å². The third-order valence-electron chi connectivity index (χ3n) is 2.46. The number of hydrogen-bond acceptors (Lipinski definition) is 4. The van der Waals surface area contributed by atoms with Crippen LogP contribution in [-0.2, 0) is 9.53 Å². The number of nitrogens with zero attached hydrogens (tertiary/aromatic N) is 1. The summed E-state index contributed by atoms with van der Waals surface area (Å²) >= 11 is 0. The number of carbonyl (C=O) groups is 1. The molecule has 0 aromatic rings. The van der Waals surface area contributed by atoms with E-state index >= 15 is 0 Å². The highest BCUT2D eigenvalue weighted by Crippen LogP contribution is 2.15. The molecule has 1 unspecified atom stereocenters. The van der Waals surface area contributed by atoms with Crippen molar-refractivity contribution in [2.75, 3.05) is 33.3 Å². The van der Waals surface area contributed by atoms with Gasteiger partial charge in [-0.3, -0.25) is 9.69 Å². The van der Waals surface area contributed by atoms with Gasteiger partial charge < -0.3 is 10.1 Å². The minimum Gasteiger partial charge on any atom is -0.465 e. The molecular weight excluding hydrogens is 261 g/mol. The summed E-state index contributed by atoms with van der Waals surface area (Å²) in [6.07, 6.45) is -3.08. The lowest BCUT2D eigenvalue weighted by atomic mass is 10.2. The molecule has 4 nitrogen and oxygen atoms in total. The minimum absolute atomic E-state index is 0.180. The summed E-state index contributed by atoms with van der Waals surface area (Å²) in [5, 5.41) is 2.99. The second-order valence-corrected chi connectivity index (χ2v) is 4.40. The summed E-state index contributed by atoms with van der Waals surface area (Å²) in [6, 6.07) is -0.546. The van der Waals surface area contributed by atoms with Crippen LogP contribution < -0.4 is 5.32 Å². The van der Waals surface area contributed by atoms with Crippen LogP contribution >= 0.6 is 0 Å². The highest BCUT2D eigenvalue weighted by Gasteiger charge is 2.29. The Morgan fingerprint density at radius 1 is 1.37 bits per heavy atom. The van der Waals surface area contributed by atoms with Gasteiger partial charge in [0.25, 0.3) is 0 Å². The monoisotopic (exact) mass is 284 g/mol. The third kappa shape index (κ3) is 9.72. The first kappa shape index (κ1) is 18.2. The summed E-state index contributed by atoms with van der Waals surface area (Å²) < 4.78 is 41.4. The van der Waals surface area contributed by atoms with Crippen LogP contribution in [0.5, 0.6) is 0 Å². The van der Waals surface area contributed by atoms with Crippen molar-refractivity contribution in [2.45, 2.75) is 38.9 Å². The molecule has 0 heterocycles. The first-order chi connectivity index (χ1) is 8.80. The van der Waals surface area contributed by atoms with Crippen molar-refractivity contribution >= 4 is 5.97 Å². The lowest BCUT2D eigenvalue weighted by molar-refractivity contribution is -0.147. The van der Waals surface area contributed by atoms with E-state index in [-0.39, 0.29) is 13.2 Å². The number of alkyl halides is 3. The van der Waals surface area contributed by atoms with E-state index in [1.807, 2.05) is 6.92 Å². The normalized spacial score (nSPS) is 13.6. The Hall–Kier alpha value is -0.820. The molecule has 0 aliphatic heterocycles. The Kier molecular flexibility index (Phi) is 8.75. The molecule has 0 saturated carbocycles. The van der Waals surface area contributed by atoms with Crippen LogP contribution in [0.25, 0.3) is 0 Å². The molecule has 1 N–H and O–H groups in total. The van der Waals surface area contributed by atoms with Gasteiger partial charge in [-0.25, -0.2) is 0 Å². The van der Waals surface area contributed by atoms with Gasteiger partial charge in [0.05, 0.1) is 13.2 Å². The van der Waals surface area contributed by atoms with E-state index in [1.54, 1.807) is 6.92 Å². The Morgan fingerprint density at radius 3 is 2.47 bits per heavy atom. The molecular formula is C12H23F3N2O2. The van der Waals surface area contributed by atoms with Gasteiger partial charge in [0, 0.05) is 6.54 Å². The zero-order valence-corrected chi connectivity index (χ0v) is 11.7. The molecule has 0 rings (SSSR count). The maximum absolute atomic E-state index is 12.2. The molecule has 0 aliphatic rings. The van der Waals surface area contributed by atoms with Crippen molar-refractivity contribution in [3.63, 3.8) is 0 Å². The zero-order valence-electron chi connectivity index (χ0n) is 11.7. The van der Waals surface area contributed by atoms with Crippen molar-refractivity contribution in [1.82, 2.24) is 10.2 Å². The third-order valence-corrected chi connectivity index (χ3v) is 2.46. The fourth-order valence-corrected chi connectivity index (χ4v) is 1.60. The fraction of sp³-hybridized carbons (Fsp3) is 0.917. The van der Waals surface area contributed by atoms with Gasteiger partial charge in [-0.2, -0.15) is 13.2 Å². The van der Waals surface area contributed by atoms with Crippen LogP contribution in [0.1, 0.15) is 26.7 Å². The van der Waals surface area contributed by atoms with Gasteiger partial charge in [-0.05, 0) is 33.4 Å². The Balaban J connectivity index is 4.20. The SMILES string of the molecule is CCCNC(CCN(C)CC(F)(F)F)C(=O)OCC. The largest absolute Gasteiger partial charge is 0.465 e. The molecule has 0 fully saturated rings. The number of halogens is 3. The zero-order chi connectivity index (χ0) is 14.9. The number of rotatable bonds is 9. The lowest BCUT2D eigenvalue weighted by Gasteiger charge is -2.22. The molecule has 0 spiro atoms. The van der Waals surface area contributed by atoms with E-state index in [4.69, 9.17) is 4.74 Å². The number of ether oxygens (including phenoxy) is 1. The highest BCUT2D eigenvalue weighted by molar-refractivity contribution is 5.75. The van der Waals surface area contributed by atoms with E-state index in [1.165, 1.54) is 7.05 Å². The molecule has 114 valence electrons. The molecule has 7 heteroatoms. The number of carbonyl (C=O) groups excluding carboxylic acids is 1. The van der Waals surface area contributed by atoms with E-state index in [9.17, 15) is 18.0 Å². The molecule has 0 aliphatic carbocycles. The van der Waals surface area contributed by atoms with Crippen molar-refractivity contribution in [1.29, 1.82) is 0 Å². The number of hydrogen-bond donors (Lipinski definition) is 1. The van der Waals surface area contributed by atoms with Crippen LogP contribution in [0, 0.1) is 0 Å². The predicted octanol–water partition coefficient (Wildman–Crippen LogP) is 1.80. The van der Waals surface area contributed by atoms with Crippen molar-refractivity contribution < 1.29 is 22.7 Å². The molecule has 0 aromatic carbocycles. The first-order valence-electron chi connectivity index (χ1n) is 6.45. The van der Waals surface area contributed by atoms with Gasteiger partial charge in [0.1, 0.15) is 6.04 Å². The minimum atomic E-state index is -4.22. The topological polar surface area (TPSA) is 41.6 Å². The predicted molar refractivity (Wildman–Crippen MR) is 66.9 cm³/mol. The first-order valence-corrected chi connectivity index (χ1v) is 6.45. The van der Waals surface area contributed by atoms with Gasteiger partial charge in [-0.15, -0.1) is 0 Å². The maximum atomic E-state index is 12.2. The highest BCUT2D eigenvalue weighted by atomic mass is 19.4. The van der Waals surface area contributed by atoms with Crippen LogP contribution in [0.2, 0.25) is 0 Å². The van der Waals surface area contributed by atoms with Crippen molar-refractivity contribution in [3.8, 4) is 0 Å². The van der Waals surface area contributed by atoms with Gasteiger partial charge in [0.2, 0.25) is 0 Å². The number of esters is 1. The molecule has 19 heavy (non-hydrogen) atoms. The second kappa shape index (κ2) is 9.14. The van der Waals surface area contributed by atoms with Gasteiger partial charge in [-0.1, -0.05) is 6.92 Å². The van der Waals surface area contributed by atoms with Gasteiger partial charge >= 0.3 is 12.1 Å². The van der Waals surface area contributed by atoms with Crippen LogP contribution in [-0.4, -0.2) is 56.4 Å². The second-order valence-electron chi connectivity index (χ2n) is 4.40. The Labute approximate surface area is 112 Å². The Morgan fingerprint density at radius 2 is 2.00 bits per heavy atom. The summed E-state index contributed by atoms with van der Waals surface area (Å²) in [5.74, 6) is -0.406. The number of nitrogens with one attached hydrogen (secondary N) is 1. The average molecular weight is 284 g/mol. The van der Waals surface area contributed by atoms with E-state index in [2.05, 4.69) is 5.32 Å². The summed E-state index contributed by atoms with van der Waals surface area (Å²) in [7, 11) is 1.38. The lowest BCUT2D eigenvalue weighted by Crippen LogP contribution is -2.42. The summed E-state index contributed by atoms with van der Waals surface area (Å²) in [6.45, 7) is 3.75. The van der Waals surface area contributed by atoms with Gasteiger partial charge in [0.15, 0.2) is 0 Å². The standard InChI is InChI=1S/C12H23F3N2O2/c1-4-7-16-10(11(18)19-5-2)6-8-17(3)9-12(13,14)15/h10,16H,4-9H2,1-3H3. The average Bonchev–Trinajstić information content (AvgIpc) is 2.27. The summed E-state index contributed by atoms with van der Waals surface area (Å²) in [4.78, 5) is 12.8. The van der Waals surface area contributed by atoms with Crippen molar-refractivity contribution in [3.05, 3.63) is 0 Å². The van der Waals surface area contributed by atoms with Crippen LogP contribution in [0.3, 0.4) is 0 Å². The smallest absolute Gasteiger partial charge is 0.401 e. The fourth-order valence-electron chi connectivity index (χ4n) is 1.60. The van der Waals surface area contributed by atoms with E-state index in [0.29, 0.717) is 13.0 Å². The molecule has 0 saturated heterocycles. The Bertz CT molecular complexity index is 260. The molecule has 0 radical (unpaired) electrons.